The minimum absolute atomic E-state index is 0.0148. The van der Waals surface area contributed by atoms with Gasteiger partial charge in [-0.3, -0.25) is 19.2 Å². The van der Waals surface area contributed by atoms with Crippen LogP contribution in [0.1, 0.15) is 40.1 Å². The van der Waals surface area contributed by atoms with Gasteiger partial charge in [0, 0.05) is 31.1 Å². The Morgan fingerprint density at radius 1 is 1.04 bits per heavy atom. The number of ether oxygens (including phenoxy) is 2. The average Bonchev–Trinajstić information content (AvgIpc) is 3.10. The fourth-order valence-corrected chi connectivity index (χ4v) is 6.81. The van der Waals surface area contributed by atoms with E-state index in [1.165, 1.54) is 19.2 Å². The van der Waals surface area contributed by atoms with Gasteiger partial charge in [-0.05, 0) is 80.2 Å². The van der Waals surface area contributed by atoms with E-state index in [4.69, 9.17) is 15.2 Å². The van der Waals surface area contributed by atoms with Gasteiger partial charge in [-0.15, -0.1) is 0 Å². The van der Waals surface area contributed by atoms with Crippen molar-refractivity contribution < 1.29 is 32.6 Å². The number of hydrogen-bond acceptors (Lipinski definition) is 9. The SMILES string of the molecule is COc1ccc(S(=O)(=O)Nc2cccc3c2O[C@H](CN(C)Cc2ccc(C(=O)Nc4ccccc4N)cc2)[C@H](C)CN([C@@H](C)CO)C3=O)cc1. The molecular weight excluding hydrogens is 659 g/mol. The fourth-order valence-electron chi connectivity index (χ4n) is 5.75. The van der Waals surface area contributed by atoms with Gasteiger partial charge in [0.1, 0.15) is 11.9 Å². The summed E-state index contributed by atoms with van der Waals surface area (Å²) < 4.78 is 41.3. The predicted molar refractivity (Wildman–Crippen MR) is 193 cm³/mol. The lowest BCUT2D eigenvalue weighted by molar-refractivity contribution is 0.0344. The standard InChI is InChI=1S/C37H43N5O7S/c1-24-20-42(25(2)23-43)37(45)30-8-7-11-33(40-50(46,47)29-18-16-28(48-4)17-19-29)35(30)49-34(24)22-41(3)21-26-12-14-27(15-13-26)36(44)39-32-10-6-5-9-31(32)38/h5-19,24-25,34,40,43H,20-23,38H2,1-4H3,(H,39,44)/t24-,25+,34-/m1/s1. The first-order chi connectivity index (χ1) is 23.9. The molecule has 0 unspecified atom stereocenters. The Bertz CT molecular complexity index is 1920. The number of rotatable bonds is 12. The second-order valence-electron chi connectivity index (χ2n) is 12.5. The van der Waals surface area contributed by atoms with Gasteiger partial charge in [0.2, 0.25) is 0 Å². The van der Waals surface area contributed by atoms with Crippen LogP contribution in [0.2, 0.25) is 0 Å². The Hall–Kier alpha value is -5.11. The third-order valence-electron chi connectivity index (χ3n) is 8.67. The van der Waals surface area contributed by atoms with Crippen molar-refractivity contribution in [3.63, 3.8) is 0 Å². The Kier molecular flexibility index (Phi) is 11.3. The maximum absolute atomic E-state index is 13.9. The van der Waals surface area contributed by atoms with Crippen LogP contribution in [0.4, 0.5) is 17.1 Å². The number of nitrogens with zero attached hydrogens (tertiary/aromatic N) is 2. The minimum atomic E-state index is -4.06. The van der Waals surface area contributed by atoms with E-state index in [2.05, 4.69) is 14.9 Å². The summed E-state index contributed by atoms with van der Waals surface area (Å²) >= 11 is 0. The fraction of sp³-hybridized carbons (Fsp3) is 0.297. The molecule has 3 atom stereocenters. The summed E-state index contributed by atoms with van der Waals surface area (Å²) in [7, 11) is -0.634. The number of carbonyl (C=O) groups excluding carboxylic acids is 2. The lowest BCUT2D eigenvalue weighted by atomic mass is 9.99. The van der Waals surface area contributed by atoms with E-state index < -0.39 is 22.2 Å². The molecule has 0 aliphatic carbocycles. The molecule has 50 heavy (non-hydrogen) atoms. The molecule has 13 heteroatoms. The number of fused-ring (bicyclic) bond motifs is 1. The zero-order valence-electron chi connectivity index (χ0n) is 28.5. The van der Waals surface area contributed by atoms with Crippen molar-refractivity contribution >= 4 is 38.9 Å². The van der Waals surface area contributed by atoms with E-state index in [1.54, 1.807) is 78.6 Å². The Morgan fingerprint density at radius 2 is 1.72 bits per heavy atom. The molecule has 4 aromatic carbocycles. The minimum Gasteiger partial charge on any atom is -0.497 e. The van der Waals surface area contributed by atoms with Crippen LogP contribution in [0.3, 0.4) is 0 Å². The molecule has 5 N–H and O–H groups in total. The summed E-state index contributed by atoms with van der Waals surface area (Å²) in [6, 6.07) is 24.6. The quantitative estimate of drug-likeness (QED) is 0.154. The number of sulfonamides is 1. The van der Waals surface area contributed by atoms with Crippen LogP contribution in [0.15, 0.2) is 95.9 Å². The molecule has 2 amide bonds. The number of nitrogen functional groups attached to an aromatic ring is 1. The summed E-state index contributed by atoms with van der Waals surface area (Å²) in [5, 5.41) is 12.9. The topological polar surface area (TPSA) is 164 Å². The summed E-state index contributed by atoms with van der Waals surface area (Å²) in [5.74, 6) is -0.218. The molecule has 0 spiro atoms. The van der Waals surface area contributed by atoms with E-state index >= 15 is 0 Å². The molecule has 4 aromatic rings. The number of nitrogens with two attached hydrogens (primary N) is 1. The molecule has 1 aliphatic rings. The van der Waals surface area contributed by atoms with E-state index in [1.807, 2.05) is 26.1 Å². The monoisotopic (exact) mass is 701 g/mol. The molecule has 0 saturated carbocycles. The number of anilines is 3. The molecule has 1 aliphatic heterocycles. The van der Waals surface area contributed by atoms with Crippen molar-refractivity contribution in [2.75, 3.05) is 49.6 Å². The molecule has 0 bridgehead atoms. The highest BCUT2D eigenvalue weighted by atomic mass is 32.2. The second-order valence-corrected chi connectivity index (χ2v) is 14.2. The molecule has 5 rings (SSSR count). The molecule has 0 fully saturated rings. The molecule has 12 nitrogen and oxygen atoms in total. The number of hydrogen-bond donors (Lipinski definition) is 4. The third-order valence-corrected chi connectivity index (χ3v) is 10.1. The van der Waals surface area contributed by atoms with Crippen LogP contribution in [-0.2, 0) is 16.6 Å². The van der Waals surface area contributed by atoms with E-state index in [-0.39, 0.29) is 46.2 Å². The van der Waals surface area contributed by atoms with Gasteiger partial charge in [-0.25, -0.2) is 8.42 Å². The van der Waals surface area contributed by atoms with Crippen LogP contribution in [-0.4, -0.2) is 81.1 Å². The molecular formula is C37H43N5O7S. The van der Waals surface area contributed by atoms with Crippen molar-refractivity contribution in [3.05, 3.63) is 108 Å². The van der Waals surface area contributed by atoms with E-state index in [0.29, 0.717) is 42.3 Å². The zero-order chi connectivity index (χ0) is 36.0. The zero-order valence-corrected chi connectivity index (χ0v) is 29.3. The molecule has 0 radical (unpaired) electrons. The first-order valence-corrected chi connectivity index (χ1v) is 17.7. The van der Waals surface area contributed by atoms with Gasteiger partial charge in [-0.2, -0.15) is 0 Å². The maximum Gasteiger partial charge on any atom is 0.262 e. The molecule has 1 heterocycles. The molecule has 0 aromatic heterocycles. The van der Waals surface area contributed by atoms with Gasteiger partial charge < -0.3 is 30.5 Å². The second kappa shape index (κ2) is 15.6. The van der Waals surface area contributed by atoms with Crippen LogP contribution in [0.5, 0.6) is 11.5 Å². The van der Waals surface area contributed by atoms with Crippen LogP contribution in [0, 0.1) is 5.92 Å². The summed E-state index contributed by atoms with van der Waals surface area (Å²) in [6.07, 6.45) is -0.478. The Balaban J connectivity index is 1.37. The molecule has 0 saturated heterocycles. The largest absolute Gasteiger partial charge is 0.497 e. The number of benzene rings is 4. The predicted octanol–water partition coefficient (Wildman–Crippen LogP) is 4.68. The number of likely N-dealkylation sites (N-methyl/N-ethyl adjacent to an activating group) is 1. The van der Waals surface area contributed by atoms with Gasteiger partial charge in [0.25, 0.3) is 21.8 Å². The van der Waals surface area contributed by atoms with Gasteiger partial charge >= 0.3 is 0 Å². The average molecular weight is 702 g/mol. The number of methoxy groups -OCH3 is 1. The number of aliphatic hydroxyl groups is 1. The normalized spacial score (nSPS) is 16.8. The summed E-state index contributed by atoms with van der Waals surface area (Å²) in [6.45, 7) is 4.75. The number of carbonyl (C=O) groups is 2. The highest BCUT2D eigenvalue weighted by Crippen LogP contribution is 2.36. The Labute approximate surface area is 292 Å². The van der Waals surface area contributed by atoms with Crippen molar-refractivity contribution in [3.8, 4) is 11.5 Å². The van der Waals surface area contributed by atoms with Gasteiger partial charge in [0.05, 0.1) is 47.3 Å². The number of nitrogens with one attached hydrogen (secondary N) is 2. The van der Waals surface area contributed by atoms with Gasteiger partial charge in [-0.1, -0.05) is 37.3 Å². The van der Waals surface area contributed by atoms with Crippen LogP contribution >= 0.6 is 0 Å². The smallest absolute Gasteiger partial charge is 0.262 e. The van der Waals surface area contributed by atoms with Crippen LogP contribution in [0.25, 0.3) is 0 Å². The van der Waals surface area contributed by atoms with Crippen molar-refractivity contribution in [2.24, 2.45) is 5.92 Å². The van der Waals surface area contributed by atoms with Gasteiger partial charge in [0.15, 0.2) is 5.75 Å². The van der Waals surface area contributed by atoms with E-state index in [0.717, 1.165) is 5.56 Å². The Morgan fingerprint density at radius 3 is 2.38 bits per heavy atom. The first kappa shape index (κ1) is 36.2. The van der Waals surface area contributed by atoms with Crippen molar-refractivity contribution in [1.82, 2.24) is 9.80 Å². The highest BCUT2D eigenvalue weighted by Gasteiger charge is 2.35. The molecule has 264 valence electrons. The lowest BCUT2D eigenvalue weighted by Crippen LogP contribution is -2.49. The maximum atomic E-state index is 13.9. The summed E-state index contributed by atoms with van der Waals surface area (Å²) in [4.78, 5) is 30.4. The first-order valence-electron chi connectivity index (χ1n) is 16.2. The number of para-hydroxylation sites is 3. The van der Waals surface area contributed by atoms with Crippen molar-refractivity contribution in [1.29, 1.82) is 0 Å². The van der Waals surface area contributed by atoms with E-state index in [9.17, 15) is 23.1 Å². The summed E-state index contributed by atoms with van der Waals surface area (Å²) in [5.41, 5.74) is 8.74. The third kappa shape index (κ3) is 8.36. The van der Waals surface area contributed by atoms with Crippen LogP contribution < -0.4 is 25.2 Å². The number of aliphatic hydroxyl groups excluding tert-OH is 1. The number of amides is 2. The lowest BCUT2D eigenvalue weighted by Gasteiger charge is -2.38. The van der Waals surface area contributed by atoms with Crippen molar-refractivity contribution in [2.45, 2.75) is 37.4 Å². The highest BCUT2D eigenvalue weighted by molar-refractivity contribution is 7.92.